The van der Waals surface area contributed by atoms with Gasteiger partial charge in [-0.3, -0.25) is 9.69 Å². The number of carbonyl (C=O) groups is 1. The number of nitrogens with zero attached hydrogens (tertiary/aromatic N) is 4. The Morgan fingerprint density at radius 1 is 1.42 bits per heavy atom. The molecule has 1 aliphatic heterocycles. The molecule has 0 N–H and O–H groups in total. The smallest absolute Gasteiger partial charge is 0.235 e. The molecule has 1 aromatic heterocycles. The van der Waals surface area contributed by atoms with Crippen LogP contribution in [0.2, 0.25) is 0 Å². The second-order valence-electron chi connectivity index (χ2n) is 6.34. The highest BCUT2D eigenvalue weighted by Gasteiger charge is 2.27. The summed E-state index contributed by atoms with van der Waals surface area (Å²) in [6.07, 6.45) is 6.12. The minimum absolute atomic E-state index is 0.103. The summed E-state index contributed by atoms with van der Waals surface area (Å²) in [7, 11) is 0. The van der Waals surface area contributed by atoms with Gasteiger partial charge in [-0.05, 0) is 38.5 Å². The van der Waals surface area contributed by atoms with E-state index in [4.69, 9.17) is 4.52 Å². The van der Waals surface area contributed by atoms with Crippen molar-refractivity contribution in [2.75, 3.05) is 25.9 Å². The first-order valence-electron chi connectivity index (χ1n) is 8.93. The molecule has 0 aromatic carbocycles. The average molecular weight is 355 g/mol. The topological polar surface area (TPSA) is 62.5 Å². The molecule has 1 fully saturated rings. The molecule has 24 heavy (non-hydrogen) atoms. The molecule has 0 saturated carbocycles. The summed E-state index contributed by atoms with van der Waals surface area (Å²) >= 11 is 1.67. The van der Waals surface area contributed by atoms with E-state index in [-0.39, 0.29) is 5.25 Å². The van der Waals surface area contributed by atoms with Gasteiger partial charge in [-0.25, -0.2) is 0 Å². The predicted octanol–water partition coefficient (Wildman–Crippen LogP) is 2.72. The second kappa shape index (κ2) is 9.42. The molecule has 1 aliphatic rings. The summed E-state index contributed by atoms with van der Waals surface area (Å²) in [5.74, 6) is 1.67. The molecular formula is C17H30N4O2S. The summed E-state index contributed by atoms with van der Waals surface area (Å²) in [5, 5.41) is 4.12. The largest absolute Gasteiger partial charge is 0.342 e. The van der Waals surface area contributed by atoms with E-state index in [0.717, 1.165) is 57.7 Å². The van der Waals surface area contributed by atoms with Crippen molar-refractivity contribution in [1.29, 1.82) is 0 Å². The summed E-state index contributed by atoms with van der Waals surface area (Å²) < 4.78 is 5.08. The Morgan fingerprint density at radius 3 is 2.79 bits per heavy atom. The third-order valence-corrected chi connectivity index (χ3v) is 5.88. The van der Waals surface area contributed by atoms with Crippen LogP contribution in [-0.4, -0.2) is 63.0 Å². The minimum Gasteiger partial charge on any atom is -0.342 e. The maximum absolute atomic E-state index is 12.6. The van der Waals surface area contributed by atoms with Crippen molar-refractivity contribution in [3.05, 3.63) is 11.7 Å². The summed E-state index contributed by atoms with van der Waals surface area (Å²) in [4.78, 5) is 21.4. The van der Waals surface area contributed by atoms with Crippen molar-refractivity contribution in [2.45, 2.75) is 64.3 Å². The van der Waals surface area contributed by atoms with Crippen LogP contribution in [0.5, 0.6) is 0 Å². The zero-order valence-electron chi connectivity index (χ0n) is 15.3. The number of thioether (sulfide) groups is 1. The van der Waals surface area contributed by atoms with Gasteiger partial charge in [0.15, 0.2) is 5.82 Å². The van der Waals surface area contributed by atoms with Crippen LogP contribution in [0.15, 0.2) is 4.52 Å². The number of amides is 1. The number of likely N-dealkylation sites (tertiary alicyclic amines) is 1. The average Bonchev–Trinajstić information content (AvgIpc) is 2.85. The predicted molar refractivity (Wildman–Crippen MR) is 96.9 cm³/mol. The lowest BCUT2D eigenvalue weighted by molar-refractivity contribution is -0.130. The van der Waals surface area contributed by atoms with E-state index < -0.39 is 0 Å². The highest BCUT2D eigenvalue weighted by Crippen LogP contribution is 2.21. The zero-order chi connectivity index (χ0) is 17.5. The van der Waals surface area contributed by atoms with Gasteiger partial charge in [-0.2, -0.15) is 16.7 Å². The standard InChI is InChI=1S/C17H30N4O2S/c1-5-15(24-4)17(22)21-10-7-8-14(9-11-21)20(6-2)12-16-18-13(3)23-19-16/h14-15H,5-12H2,1-4H3/t14-,15+/m0/s1. The van der Waals surface area contributed by atoms with Gasteiger partial charge in [0.05, 0.1) is 11.8 Å². The first-order chi connectivity index (χ1) is 11.6. The van der Waals surface area contributed by atoms with Crippen molar-refractivity contribution in [3.8, 4) is 0 Å². The SMILES string of the molecule is CC[C@@H](SC)C(=O)N1CCC[C@H](N(CC)Cc2noc(C)n2)CC1. The normalized spacial score (nSPS) is 20.2. The number of aryl methyl sites for hydroxylation is 1. The molecule has 0 radical (unpaired) electrons. The third kappa shape index (κ3) is 4.96. The van der Waals surface area contributed by atoms with Crippen LogP contribution in [-0.2, 0) is 11.3 Å². The molecule has 6 nitrogen and oxygen atoms in total. The quantitative estimate of drug-likeness (QED) is 0.750. The Bertz CT molecular complexity index is 518. The first kappa shape index (κ1) is 19.2. The molecule has 136 valence electrons. The fourth-order valence-corrected chi connectivity index (χ4v) is 4.08. The molecule has 0 aliphatic carbocycles. The number of hydrogen-bond donors (Lipinski definition) is 0. The van der Waals surface area contributed by atoms with Crippen LogP contribution < -0.4 is 0 Å². The zero-order valence-corrected chi connectivity index (χ0v) is 16.1. The van der Waals surface area contributed by atoms with Crippen LogP contribution in [0, 0.1) is 6.92 Å². The highest BCUT2D eigenvalue weighted by atomic mass is 32.2. The van der Waals surface area contributed by atoms with Gasteiger partial charge < -0.3 is 9.42 Å². The first-order valence-corrected chi connectivity index (χ1v) is 10.2. The molecular weight excluding hydrogens is 324 g/mol. The molecule has 2 atom stereocenters. The Labute approximate surface area is 149 Å². The van der Waals surface area contributed by atoms with Crippen molar-refractivity contribution in [3.63, 3.8) is 0 Å². The van der Waals surface area contributed by atoms with Crippen LogP contribution in [0.4, 0.5) is 0 Å². The van der Waals surface area contributed by atoms with Crippen molar-refractivity contribution >= 4 is 17.7 Å². The molecule has 1 aromatic rings. The lowest BCUT2D eigenvalue weighted by Crippen LogP contribution is -2.39. The third-order valence-electron chi connectivity index (χ3n) is 4.78. The van der Waals surface area contributed by atoms with E-state index in [1.807, 2.05) is 13.2 Å². The van der Waals surface area contributed by atoms with Crippen molar-refractivity contribution in [2.24, 2.45) is 0 Å². The Balaban J connectivity index is 1.94. The number of rotatable bonds is 7. The second-order valence-corrected chi connectivity index (χ2v) is 7.38. The molecule has 2 rings (SSSR count). The number of hydrogen-bond acceptors (Lipinski definition) is 6. The van der Waals surface area contributed by atoms with Gasteiger partial charge in [0, 0.05) is 26.1 Å². The van der Waals surface area contributed by atoms with Crippen LogP contribution in [0.1, 0.15) is 51.2 Å². The molecule has 1 saturated heterocycles. The maximum atomic E-state index is 12.6. The molecule has 2 heterocycles. The van der Waals surface area contributed by atoms with Gasteiger partial charge in [0.2, 0.25) is 11.8 Å². The van der Waals surface area contributed by atoms with Gasteiger partial charge >= 0.3 is 0 Å². The number of aromatic nitrogens is 2. The fourth-order valence-electron chi connectivity index (χ4n) is 3.40. The maximum Gasteiger partial charge on any atom is 0.235 e. The van der Waals surface area contributed by atoms with Gasteiger partial charge in [-0.1, -0.05) is 19.0 Å². The molecule has 0 spiro atoms. The van der Waals surface area contributed by atoms with E-state index in [0.29, 0.717) is 17.8 Å². The van der Waals surface area contributed by atoms with Crippen LogP contribution in [0.3, 0.4) is 0 Å². The van der Waals surface area contributed by atoms with Crippen LogP contribution >= 0.6 is 11.8 Å². The van der Waals surface area contributed by atoms with E-state index >= 15 is 0 Å². The minimum atomic E-state index is 0.103. The fraction of sp³-hybridized carbons (Fsp3) is 0.824. The van der Waals surface area contributed by atoms with E-state index in [1.54, 1.807) is 11.8 Å². The van der Waals surface area contributed by atoms with E-state index in [1.165, 1.54) is 0 Å². The molecule has 1 amide bonds. The van der Waals surface area contributed by atoms with Crippen molar-refractivity contribution in [1.82, 2.24) is 19.9 Å². The summed E-state index contributed by atoms with van der Waals surface area (Å²) in [6, 6.07) is 0.473. The highest BCUT2D eigenvalue weighted by molar-refractivity contribution is 7.99. The lowest BCUT2D eigenvalue weighted by atomic mass is 10.1. The van der Waals surface area contributed by atoms with E-state index in [9.17, 15) is 4.79 Å². The Morgan fingerprint density at radius 2 is 2.21 bits per heavy atom. The lowest BCUT2D eigenvalue weighted by Gasteiger charge is -2.29. The molecule has 0 unspecified atom stereocenters. The van der Waals surface area contributed by atoms with Crippen molar-refractivity contribution < 1.29 is 9.32 Å². The van der Waals surface area contributed by atoms with Gasteiger partial charge in [0.1, 0.15) is 0 Å². The monoisotopic (exact) mass is 354 g/mol. The van der Waals surface area contributed by atoms with Gasteiger partial charge in [-0.15, -0.1) is 0 Å². The van der Waals surface area contributed by atoms with E-state index in [2.05, 4.69) is 33.8 Å². The molecule has 7 heteroatoms. The Kier molecular flexibility index (Phi) is 7.55. The molecule has 0 bridgehead atoms. The van der Waals surface area contributed by atoms with Crippen LogP contribution in [0.25, 0.3) is 0 Å². The number of carbonyl (C=O) groups excluding carboxylic acids is 1. The summed E-state index contributed by atoms with van der Waals surface area (Å²) in [5.41, 5.74) is 0. The van der Waals surface area contributed by atoms with Gasteiger partial charge in [0.25, 0.3) is 0 Å². The Hall–Kier alpha value is -1.08. The summed E-state index contributed by atoms with van der Waals surface area (Å²) in [6.45, 7) is 9.47.